The maximum absolute atomic E-state index is 6.32. The van der Waals surface area contributed by atoms with Crippen LogP contribution >= 0.6 is 23.2 Å². The lowest BCUT2D eigenvalue weighted by molar-refractivity contribution is 0.166. The molecule has 2 fully saturated rings. The van der Waals surface area contributed by atoms with Crippen molar-refractivity contribution in [2.75, 3.05) is 7.05 Å². The first kappa shape index (κ1) is 14.6. The summed E-state index contributed by atoms with van der Waals surface area (Å²) in [5.41, 5.74) is 1.82. The third kappa shape index (κ3) is 2.96. The van der Waals surface area contributed by atoms with E-state index >= 15 is 0 Å². The second-order valence-electron chi connectivity index (χ2n) is 6.19. The van der Waals surface area contributed by atoms with E-state index in [2.05, 4.69) is 22.2 Å². The number of hydrogen-bond donors (Lipinski definition) is 1. The molecule has 2 saturated heterocycles. The molecule has 0 spiro atoms. The van der Waals surface area contributed by atoms with Gasteiger partial charge in [0.15, 0.2) is 0 Å². The molecule has 1 aromatic rings. The molecule has 0 aliphatic carbocycles. The lowest BCUT2D eigenvalue weighted by Crippen LogP contribution is -2.46. The highest BCUT2D eigenvalue weighted by Crippen LogP contribution is 2.31. The zero-order valence-corrected chi connectivity index (χ0v) is 13.5. The van der Waals surface area contributed by atoms with Crippen molar-refractivity contribution in [1.29, 1.82) is 0 Å². The molecule has 0 radical (unpaired) electrons. The van der Waals surface area contributed by atoms with Crippen LogP contribution in [0.5, 0.6) is 0 Å². The molecular weight excluding hydrogens is 293 g/mol. The SMILES string of the molecule is Cc1cc(Cl)c(CN(C)C2CC3CCC(C2)N3)c(Cl)n1. The minimum absolute atomic E-state index is 0.541. The fourth-order valence-corrected chi connectivity index (χ4v) is 4.18. The van der Waals surface area contributed by atoms with E-state index in [9.17, 15) is 0 Å². The predicted octanol–water partition coefficient (Wildman–Crippen LogP) is 3.41. The van der Waals surface area contributed by atoms with E-state index in [0.717, 1.165) is 22.8 Å². The Morgan fingerprint density at radius 3 is 2.55 bits per heavy atom. The molecule has 3 heterocycles. The van der Waals surface area contributed by atoms with E-state index in [1.54, 1.807) is 0 Å². The Morgan fingerprint density at radius 2 is 1.95 bits per heavy atom. The molecule has 2 aliphatic heterocycles. The Hall–Kier alpha value is -0.350. The van der Waals surface area contributed by atoms with E-state index in [1.807, 2.05) is 13.0 Å². The summed E-state index contributed by atoms with van der Waals surface area (Å²) >= 11 is 12.6. The highest BCUT2D eigenvalue weighted by molar-refractivity contribution is 6.35. The van der Waals surface area contributed by atoms with Gasteiger partial charge in [0.25, 0.3) is 0 Å². The van der Waals surface area contributed by atoms with Crippen molar-refractivity contribution in [1.82, 2.24) is 15.2 Å². The quantitative estimate of drug-likeness (QED) is 0.867. The summed E-state index contributed by atoms with van der Waals surface area (Å²) in [6.45, 7) is 2.69. The van der Waals surface area contributed by atoms with Gasteiger partial charge in [-0.2, -0.15) is 0 Å². The molecule has 0 aromatic carbocycles. The molecule has 2 aliphatic rings. The second kappa shape index (κ2) is 5.80. The highest BCUT2D eigenvalue weighted by Gasteiger charge is 2.35. The smallest absolute Gasteiger partial charge is 0.135 e. The average Bonchev–Trinajstić information content (AvgIpc) is 2.72. The summed E-state index contributed by atoms with van der Waals surface area (Å²) in [6, 6.07) is 3.90. The molecule has 110 valence electrons. The first-order valence-electron chi connectivity index (χ1n) is 7.30. The normalized spacial score (nSPS) is 29.1. The van der Waals surface area contributed by atoms with Crippen molar-refractivity contribution in [3.05, 3.63) is 27.5 Å². The molecule has 3 nitrogen and oxygen atoms in total. The van der Waals surface area contributed by atoms with Crippen LogP contribution in [-0.2, 0) is 6.54 Å². The van der Waals surface area contributed by atoms with Crippen LogP contribution in [0.3, 0.4) is 0 Å². The third-order valence-electron chi connectivity index (χ3n) is 4.63. The minimum Gasteiger partial charge on any atom is -0.311 e. The van der Waals surface area contributed by atoms with Crippen molar-refractivity contribution >= 4 is 23.2 Å². The van der Waals surface area contributed by atoms with Crippen LogP contribution < -0.4 is 5.32 Å². The molecular formula is C15H21Cl2N3. The summed E-state index contributed by atoms with van der Waals surface area (Å²) in [5, 5.41) is 4.95. The van der Waals surface area contributed by atoms with Crippen molar-refractivity contribution in [2.24, 2.45) is 0 Å². The van der Waals surface area contributed by atoms with Crippen LogP contribution in [0.1, 0.15) is 36.9 Å². The van der Waals surface area contributed by atoms with Gasteiger partial charge >= 0.3 is 0 Å². The average molecular weight is 314 g/mol. The number of halogens is 2. The van der Waals surface area contributed by atoms with Gasteiger partial charge in [-0.05, 0) is 45.7 Å². The van der Waals surface area contributed by atoms with Crippen LogP contribution in [0.25, 0.3) is 0 Å². The van der Waals surface area contributed by atoms with Gasteiger partial charge in [-0.25, -0.2) is 4.98 Å². The van der Waals surface area contributed by atoms with Crippen molar-refractivity contribution in [2.45, 2.75) is 57.3 Å². The van der Waals surface area contributed by atoms with Gasteiger partial charge in [0.05, 0.1) is 0 Å². The van der Waals surface area contributed by atoms with E-state index in [1.165, 1.54) is 25.7 Å². The standard InChI is InChI=1S/C15H21Cl2N3/c1-9-5-14(16)13(15(17)18-9)8-20(2)12-6-10-3-4-11(7-12)19-10/h5,10-12,19H,3-4,6-8H2,1-2H3. The van der Waals surface area contributed by atoms with Gasteiger partial charge in [0.1, 0.15) is 5.15 Å². The number of nitrogens with zero attached hydrogens (tertiary/aromatic N) is 2. The number of piperidine rings is 1. The number of nitrogens with one attached hydrogen (secondary N) is 1. The third-order valence-corrected chi connectivity index (χ3v) is 5.28. The second-order valence-corrected chi connectivity index (χ2v) is 6.96. The topological polar surface area (TPSA) is 28.2 Å². The Labute approximate surface area is 130 Å². The molecule has 20 heavy (non-hydrogen) atoms. The summed E-state index contributed by atoms with van der Waals surface area (Å²) in [7, 11) is 2.17. The highest BCUT2D eigenvalue weighted by atomic mass is 35.5. The van der Waals surface area contributed by atoms with E-state index in [0.29, 0.717) is 23.3 Å². The summed E-state index contributed by atoms with van der Waals surface area (Å²) in [4.78, 5) is 6.70. The van der Waals surface area contributed by atoms with Gasteiger partial charge in [0, 0.05) is 41.0 Å². The number of hydrogen-bond acceptors (Lipinski definition) is 3. The number of rotatable bonds is 3. The van der Waals surface area contributed by atoms with Gasteiger partial charge < -0.3 is 5.32 Å². The zero-order chi connectivity index (χ0) is 14.3. The molecule has 5 heteroatoms. The molecule has 2 bridgehead atoms. The number of pyridine rings is 1. The van der Waals surface area contributed by atoms with E-state index in [-0.39, 0.29) is 0 Å². The van der Waals surface area contributed by atoms with Crippen LogP contribution in [-0.4, -0.2) is 35.1 Å². The lowest BCUT2D eigenvalue weighted by atomic mass is 9.98. The fraction of sp³-hybridized carbons (Fsp3) is 0.667. The molecule has 1 aromatic heterocycles. The Balaban J connectivity index is 1.71. The maximum Gasteiger partial charge on any atom is 0.135 e. The predicted molar refractivity (Wildman–Crippen MR) is 83.4 cm³/mol. The van der Waals surface area contributed by atoms with Gasteiger partial charge in [-0.1, -0.05) is 23.2 Å². The Bertz CT molecular complexity index is 471. The first-order valence-corrected chi connectivity index (χ1v) is 8.06. The van der Waals surface area contributed by atoms with Gasteiger partial charge in [0.2, 0.25) is 0 Å². The van der Waals surface area contributed by atoms with Crippen LogP contribution in [0.2, 0.25) is 10.2 Å². The van der Waals surface area contributed by atoms with Crippen LogP contribution in [0.15, 0.2) is 6.07 Å². The summed E-state index contributed by atoms with van der Waals surface area (Å²) in [6.07, 6.45) is 5.09. The summed E-state index contributed by atoms with van der Waals surface area (Å²) in [5.74, 6) is 0. The van der Waals surface area contributed by atoms with E-state index in [4.69, 9.17) is 23.2 Å². The number of aromatic nitrogens is 1. The van der Waals surface area contributed by atoms with Crippen LogP contribution in [0, 0.1) is 6.92 Å². The molecule has 2 unspecified atom stereocenters. The molecule has 1 N–H and O–H groups in total. The minimum atomic E-state index is 0.541. The largest absolute Gasteiger partial charge is 0.311 e. The van der Waals surface area contributed by atoms with E-state index < -0.39 is 0 Å². The number of aryl methyl sites for hydroxylation is 1. The Morgan fingerprint density at radius 1 is 1.30 bits per heavy atom. The van der Waals surface area contributed by atoms with Gasteiger partial charge in [-0.15, -0.1) is 0 Å². The van der Waals surface area contributed by atoms with Crippen molar-refractivity contribution in [3.8, 4) is 0 Å². The lowest BCUT2D eigenvalue weighted by Gasteiger charge is -2.35. The number of fused-ring (bicyclic) bond motifs is 2. The summed E-state index contributed by atoms with van der Waals surface area (Å²) < 4.78 is 0. The molecule has 3 rings (SSSR count). The first-order chi connectivity index (χ1) is 9.52. The molecule has 2 atom stereocenters. The van der Waals surface area contributed by atoms with Gasteiger partial charge in [-0.3, -0.25) is 4.90 Å². The van der Waals surface area contributed by atoms with Crippen molar-refractivity contribution in [3.63, 3.8) is 0 Å². The van der Waals surface area contributed by atoms with Crippen molar-refractivity contribution < 1.29 is 0 Å². The monoisotopic (exact) mass is 313 g/mol. The molecule has 0 saturated carbocycles. The molecule has 0 amide bonds. The van der Waals surface area contributed by atoms with Crippen LogP contribution in [0.4, 0.5) is 0 Å². The zero-order valence-electron chi connectivity index (χ0n) is 12.0. The maximum atomic E-state index is 6.32. The Kier molecular flexibility index (Phi) is 4.23. The fourth-order valence-electron chi connectivity index (χ4n) is 3.53.